The molecule has 0 N–H and O–H groups in total. The number of thioether (sulfide) groups is 1. The van der Waals surface area contributed by atoms with Gasteiger partial charge < -0.3 is 0 Å². The standard InChI is InChI=1S/C10H11F3S/c1-7(2)8-4-3-5-9(6-8)14-10(11,12)13/h3-7H,1-2H3. The largest absolute Gasteiger partial charge is 0.446 e. The molecular formula is C10H11F3S. The Kier molecular flexibility index (Phi) is 3.48. The fourth-order valence-electron chi connectivity index (χ4n) is 1.07. The van der Waals surface area contributed by atoms with Crippen molar-refractivity contribution in [2.24, 2.45) is 0 Å². The van der Waals surface area contributed by atoms with Crippen molar-refractivity contribution in [2.45, 2.75) is 30.2 Å². The number of hydrogen-bond acceptors (Lipinski definition) is 1. The Bertz CT molecular complexity index is 304. The average Bonchev–Trinajstić information content (AvgIpc) is 2.01. The summed E-state index contributed by atoms with van der Waals surface area (Å²) in [5.41, 5.74) is -3.27. The predicted octanol–water partition coefficient (Wildman–Crippen LogP) is 4.42. The maximum absolute atomic E-state index is 12.0. The second-order valence-electron chi connectivity index (χ2n) is 3.27. The van der Waals surface area contributed by atoms with Crippen molar-refractivity contribution >= 4 is 11.8 Å². The van der Waals surface area contributed by atoms with Crippen molar-refractivity contribution < 1.29 is 13.2 Å². The lowest BCUT2D eigenvalue weighted by Crippen LogP contribution is -1.99. The summed E-state index contributed by atoms with van der Waals surface area (Å²) in [7, 11) is 0. The molecule has 14 heavy (non-hydrogen) atoms. The van der Waals surface area contributed by atoms with E-state index in [9.17, 15) is 13.2 Å². The van der Waals surface area contributed by atoms with Crippen molar-refractivity contribution in [2.75, 3.05) is 0 Å². The van der Waals surface area contributed by atoms with Crippen LogP contribution >= 0.6 is 11.8 Å². The van der Waals surface area contributed by atoms with Crippen LogP contribution < -0.4 is 0 Å². The molecule has 0 radical (unpaired) electrons. The van der Waals surface area contributed by atoms with Gasteiger partial charge in [-0.25, -0.2) is 0 Å². The van der Waals surface area contributed by atoms with E-state index in [0.717, 1.165) is 5.56 Å². The molecule has 0 saturated carbocycles. The molecule has 1 rings (SSSR count). The molecule has 0 saturated heterocycles. The molecule has 1 aromatic carbocycles. The predicted molar refractivity (Wildman–Crippen MR) is 52.4 cm³/mol. The van der Waals surface area contributed by atoms with Gasteiger partial charge >= 0.3 is 5.51 Å². The number of rotatable bonds is 2. The molecule has 0 aromatic heterocycles. The first-order valence-corrected chi connectivity index (χ1v) is 5.06. The first-order chi connectivity index (χ1) is 6.38. The van der Waals surface area contributed by atoms with Gasteiger partial charge in [-0.05, 0) is 35.4 Å². The van der Waals surface area contributed by atoms with Gasteiger partial charge in [-0.1, -0.05) is 26.0 Å². The van der Waals surface area contributed by atoms with E-state index in [1.165, 1.54) is 6.07 Å². The number of alkyl halides is 3. The highest BCUT2D eigenvalue weighted by atomic mass is 32.2. The molecule has 0 bridgehead atoms. The lowest BCUT2D eigenvalue weighted by molar-refractivity contribution is -0.0328. The maximum Gasteiger partial charge on any atom is 0.446 e. The number of halogens is 3. The van der Waals surface area contributed by atoms with Gasteiger partial charge in [0.2, 0.25) is 0 Å². The van der Waals surface area contributed by atoms with Crippen LogP contribution in [-0.4, -0.2) is 5.51 Å². The van der Waals surface area contributed by atoms with Crippen molar-refractivity contribution in [3.8, 4) is 0 Å². The van der Waals surface area contributed by atoms with E-state index in [1.54, 1.807) is 12.1 Å². The third kappa shape index (κ3) is 3.62. The maximum atomic E-state index is 12.0. The molecular weight excluding hydrogens is 209 g/mol. The zero-order valence-corrected chi connectivity index (χ0v) is 8.75. The van der Waals surface area contributed by atoms with Crippen LogP contribution in [0.25, 0.3) is 0 Å². The van der Waals surface area contributed by atoms with E-state index in [-0.39, 0.29) is 22.6 Å². The van der Waals surface area contributed by atoms with Crippen LogP contribution in [0.2, 0.25) is 0 Å². The minimum Gasteiger partial charge on any atom is -0.160 e. The highest BCUT2D eigenvalue weighted by Crippen LogP contribution is 2.37. The zero-order chi connectivity index (χ0) is 10.8. The van der Waals surface area contributed by atoms with Crippen LogP contribution in [0.3, 0.4) is 0 Å². The molecule has 0 atom stereocenters. The Morgan fingerprint density at radius 1 is 1.21 bits per heavy atom. The Morgan fingerprint density at radius 3 is 2.36 bits per heavy atom. The number of benzene rings is 1. The Balaban J connectivity index is 2.84. The van der Waals surface area contributed by atoms with Gasteiger partial charge in [-0.15, -0.1) is 0 Å². The van der Waals surface area contributed by atoms with Gasteiger partial charge in [0.1, 0.15) is 0 Å². The van der Waals surface area contributed by atoms with E-state index < -0.39 is 5.51 Å². The fraction of sp³-hybridized carbons (Fsp3) is 0.400. The smallest absolute Gasteiger partial charge is 0.160 e. The molecule has 0 unspecified atom stereocenters. The van der Waals surface area contributed by atoms with Gasteiger partial charge in [0.15, 0.2) is 0 Å². The van der Waals surface area contributed by atoms with Crippen molar-refractivity contribution in [3.05, 3.63) is 29.8 Å². The summed E-state index contributed by atoms with van der Waals surface area (Å²) in [4.78, 5) is 0.253. The molecule has 0 aliphatic heterocycles. The monoisotopic (exact) mass is 220 g/mol. The van der Waals surface area contributed by atoms with Gasteiger partial charge in [0.25, 0.3) is 0 Å². The summed E-state index contributed by atoms with van der Waals surface area (Å²) in [6.45, 7) is 3.91. The van der Waals surface area contributed by atoms with Crippen LogP contribution in [0.4, 0.5) is 13.2 Å². The average molecular weight is 220 g/mol. The third-order valence-electron chi connectivity index (χ3n) is 1.76. The lowest BCUT2D eigenvalue weighted by atomic mass is 10.0. The van der Waals surface area contributed by atoms with E-state index in [0.29, 0.717) is 0 Å². The summed E-state index contributed by atoms with van der Waals surface area (Å²) in [5.74, 6) is 0.254. The summed E-state index contributed by atoms with van der Waals surface area (Å²) in [6, 6.07) is 6.56. The first kappa shape index (κ1) is 11.4. The minimum atomic E-state index is -4.20. The highest BCUT2D eigenvalue weighted by Gasteiger charge is 2.29. The van der Waals surface area contributed by atoms with E-state index in [1.807, 2.05) is 19.9 Å². The molecule has 0 nitrogen and oxygen atoms in total. The Hall–Kier alpha value is -0.640. The van der Waals surface area contributed by atoms with Gasteiger partial charge in [0.05, 0.1) is 0 Å². The van der Waals surface area contributed by atoms with Gasteiger partial charge in [-0.3, -0.25) is 0 Å². The molecule has 0 amide bonds. The zero-order valence-electron chi connectivity index (χ0n) is 7.93. The Morgan fingerprint density at radius 2 is 1.86 bits per heavy atom. The topological polar surface area (TPSA) is 0 Å². The quantitative estimate of drug-likeness (QED) is 0.665. The molecule has 0 fully saturated rings. The van der Waals surface area contributed by atoms with Crippen LogP contribution in [0.1, 0.15) is 25.3 Å². The van der Waals surface area contributed by atoms with Crippen LogP contribution in [0.5, 0.6) is 0 Å². The summed E-state index contributed by atoms with van der Waals surface area (Å²) in [6.07, 6.45) is 0. The number of hydrogen-bond donors (Lipinski definition) is 0. The Labute approximate surface area is 85.5 Å². The SMILES string of the molecule is CC(C)c1cccc(SC(F)(F)F)c1. The molecule has 0 spiro atoms. The minimum absolute atomic E-state index is 0.0677. The second-order valence-corrected chi connectivity index (χ2v) is 4.41. The summed E-state index contributed by atoms with van der Waals surface area (Å²) >= 11 is -0.0677. The second kappa shape index (κ2) is 4.26. The summed E-state index contributed by atoms with van der Waals surface area (Å²) in [5, 5.41) is 0. The first-order valence-electron chi connectivity index (χ1n) is 4.24. The fourth-order valence-corrected chi connectivity index (χ4v) is 1.68. The van der Waals surface area contributed by atoms with E-state index in [2.05, 4.69) is 0 Å². The molecule has 0 aliphatic carbocycles. The van der Waals surface area contributed by atoms with Crippen LogP contribution in [0, 0.1) is 0 Å². The molecule has 0 heterocycles. The molecule has 0 aliphatic rings. The van der Waals surface area contributed by atoms with Crippen LogP contribution in [0.15, 0.2) is 29.2 Å². The lowest BCUT2D eigenvalue weighted by Gasteiger charge is -2.09. The normalized spacial score (nSPS) is 12.1. The van der Waals surface area contributed by atoms with Crippen molar-refractivity contribution in [1.82, 2.24) is 0 Å². The van der Waals surface area contributed by atoms with E-state index in [4.69, 9.17) is 0 Å². The van der Waals surface area contributed by atoms with Gasteiger partial charge in [-0.2, -0.15) is 13.2 Å². The highest BCUT2D eigenvalue weighted by molar-refractivity contribution is 8.00. The third-order valence-corrected chi connectivity index (χ3v) is 2.48. The summed E-state index contributed by atoms with van der Waals surface area (Å²) < 4.78 is 36.1. The van der Waals surface area contributed by atoms with Crippen LogP contribution in [-0.2, 0) is 0 Å². The molecule has 4 heteroatoms. The molecule has 1 aromatic rings. The van der Waals surface area contributed by atoms with Crippen molar-refractivity contribution in [1.29, 1.82) is 0 Å². The molecule has 78 valence electrons. The van der Waals surface area contributed by atoms with E-state index >= 15 is 0 Å². The van der Waals surface area contributed by atoms with Gasteiger partial charge in [0, 0.05) is 4.90 Å². The van der Waals surface area contributed by atoms with Crippen molar-refractivity contribution in [3.63, 3.8) is 0 Å².